The molecule has 0 aromatic heterocycles. The molecule has 2 aliphatic rings. The second kappa shape index (κ2) is 6.04. The van der Waals surface area contributed by atoms with E-state index in [1.54, 1.807) is 18.2 Å². The van der Waals surface area contributed by atoms with Crippen molar-refractivity contribution in [3.63, 3.8) is 0 Å². The molecule has 0 amide bonds. The molecular weight excluding hydrogens is 359 g/mol. The lowest BCUT2D eigenvalue weighted by atomic mass is 9.75. The van der Waals surface area contributed by atoms with E-state index in [1.165, 1.54) is 0 Å². The number of rotatable bonds is 2. The molecule has 0 radical (unpaired) electrons. The lowest BCUT2D eigenvalue weighted by Gasteiger charge is -2.38. The third kappa shape index (κ3) is 2.60. The Morgan fingerprint density at radius 1 is 1.24 bits per heavy atom. The fourth-order valence-corrected chi connectivity index (χ4v) is 4.58. The van der Waals surface area contributed by atoms with Gasteiger partial charge in [-0.1, -0.05) is 47.5 Å². The van der Waals surface area contributed by atoms with E-state index in [0.717, 1.165) is 28.8 Å². The maximum Gasteiger partial charge on any atom is 0.275 e. The summed E-state index contributed by atoms with van der Waals surface area (Å²) in [7, 11) is 0. The maximum atomic E-state index is 11.5. The van der Waals surface area contributed by atoms with Crippen molar-refractivity contribution in [1.29, 1.82) is 0 Å². The van der Waals surface area contributed by atoms with Crippen molar-refractivity contribution in [2.45, 2.75) is 25.3 Å². The van der Waals surface area contributed by atoms with Crippen LogP contribution in [0.2, 0.25) is 10.0 Å². The average molecular weight is 375 g/mol. The third-order valence-corrected chi connectivity index (χ3v) is 5.76. The lowest BCUT2D eigenvalue weighted by Crippen LogP contribution is -2.30. The Bertz CT molecular complexity index is 911. The highest BCUT2D eigenvalue weighted by molar-refractivity contribution is 6.35. The van der Waals surface area contributed by atoms with Crippen LogP contribution in [-0.4, -0.2) is 4.92 Å². The number of nitrogens with zero attached hydrogens (tertiary/aromatic N) is 1. The minimum atomic E-state index is -0.293. The molecule has 3 atom stereocenters. The van der Waals surface area contributed by atoms with Crippen molar-refractivity contribution < 1.29 is 4.92 Å². The van der Waals surface area contributed by atoms with Crippen LogP contribution in [0.3, 0.4) is 0 Å². The van der Waals surface area contributed by atoms with Gasteiger partial charge in [0.25, 0.3) is 5.69 Å². The number of hydrogen-bond acceptors (Lipinski definition) is 3. The van der Waals surface area contributed by atoms with Crippen LogP contribution in [0.1, 0.15) is 35.1 Å². The molecule has 6 heteroatoms. The molecule has 0 fully saturated rings. The molecule has 0 saturated carbocycles. The first kappa shape index (κ1) is 16.4. The number of benzene rings is 2. The first-order valence-corrected chi connectivity index (χ1v) is 8.89. The second-order valence-electron chi connectivity index (χ2n) is 6.59. The van der Waals surface area contributed by atoms with Gasteiger partial charge in [0.2, 0.25) is 0 Å². The molecule has 0 saturated heterocycles. The van der Waals surface area contributed by atoms with Crippen LogP contribution in [0, 0.1) is 23.0 Å². The highest BCUT2D eigenvalue weighted by atomic mass is 35.5. The van der Waals surface area contributed by atoms with Gasteiger partial charge in [0.05, 0.1) is 16.5 Å². The molecule has 1 heterocycles. The van der Waals surface area contributed by atoms with Gasteiger partial charge in [0.15, 0.2) is 0 Å². The van der Waals surface area contributed by atoms with Crippen molar-refractivity contribution in [1.82, 2.24) is 0 Å². The fraction of sp³-hybridized carbons (Fsp3) is 0.263. The molecule has 128 valence electrons. The largest absolute Gasteiger partial charge is 0.377 e. The standard InChI is InChI=1S/C19H16Cl2N2O2/c1-10-5-8-16(23(24)25)17-12-3-2-4-13(12)19(22-18(10)17)14-7-6-11(20)9-15(14)21/h2-3,5-9,12-13,19,22H,4H2,1H3. The Balaban J connectivity index is 1.89. The van der Waals surface area contributed by atoms with Gasteiger partial charge < -0.3 is 5.32 Å². The number of nitro benzene ring substituents is 1. The molecule has 0 spiro atoms. The zero-order chi connectivity index (χ0) is 17.7. The SMILES string of the molecule is Cc1ccc([N+](=O)[O-])c2c1NC(c1ccc(Cl)cc1Cl)C1CC=CC21. The predicted molar refractivity (Wildman–Crippen MR) is 101 cm³/mol. The molecule has 1 aliphatic carbocycles. The monoisotopic (exact) mass is 374 g/mol. The molecule has 4 nitrogen and oxygen atoms in total. The number of nitro groups is 1. The highest BCUT2D eigenvalue weighted by Gasteiger charge is 2.42. The number of aryl methyl sites for hydroxylation is 1. The van der Waals surface area contributed by atoms with Crippen LogP contribution in [0.4, 0.5) is 11.4 Å². The molecule has 2 aromatic rings. The Morgan fingerprint density at radius 3 is 2.76 bits per heavy atom. The second-order valence-corrected chi connectivity index (χ2v) is 7.43. The smallest absolute Gasteiger partial charge is 0.275 e. The lowest BCUT2D eigenvalue weighted by molar-refractivity contribution is -0.385. The predicted octanol–water partition coefficient (Wildman–Crippen LogP) is 6.04. The van der Waals surface area contributed by atoms with E-state index in [1.807, 2.05) is 19.1 Å². The summed E-state index contributed by atoms with van der Waals surface area (Å²) in [6.07, 6.45) is 5.05. The minimum Gasteiger partial charge on any atom is -0.377 e. The number of anilines is 1. The van der Waals surface area contributed by atoms with Crippen LogP contribution in [0.5, 0.6) is 0 Å². The third-order valence-electron chi connectivity index (χ3n) is 5.20. The minimum absolute atomic E-state index is 0.00768. The van der Waals surface area contributed by atoms with Crippen molar-refractivity contribution in [3.05, 3.63) is 79.3 Å². The number of nitrogens with one attached hydrogen (secondary N) is 1. The molecule has 4 rings (SSSR count). The number of allylic oxidation sites excluding steroid dienone is 2. The van der Waals surface area contributed by atoms with Gasteiger partial charge in [-0.25, -0.2) is 0 Å². The number of halogens is 2. The Morgan fingerprint density at radius 2 is 2.04 bits per heavy atom. The summed E-state index contributed by atoms with van der Waals surface area (Å²) >= 11 is 12.5. The summed E-state index contributed by atoms with van der Waals surface area (Å²) < 4.78 is 0. The van der Waals surface area contributed by atoms with Gasteiger partial charge in [-0.2, -0.15) is 0 Å². The van der Waals surface area contributed by atoms with Gasteiger partial charge in [-0.3, -0.25) is 10.1 Å². The summed E-state index contributed by atoms with van der Waals surface area (Å²) in [6, 6.07) is 8.90. The van der Waals surface area contributed by atoms with Gasteiger partial charge in [0.1, 0.15) is 0 Å². The zero-order valence-corrected chi connectivity index (χ0v) is 15.0. The topological polar surface area (TPSA) is 55.2 Å². The Labute approximate surface area is 155 Å². The van der Waals surface area contributed by atoms with E-state index in [0.29, 0.717) is 10.0 Å². The molecule has 0 bridgehead atoms. The van der Waals surface area contributed by atoms with Crippen LogP contribution in [-0.2, 0) is 0 Å². The molecule has 1 N–H and O–H groups in total. The van der Waals surface area contributed by atoms with Gasteiger partial charge >= 0.3 is 0 Å². The van der Waals surface area contributed by atoms with Crippen molar-refractivity contribution in [2.75, 3.05) is 5.32 Å². The van der Waals surface area contributed by atoms with Crippen LogP contribution >= 0.6 is 23.2 Å². The van der Waals surface area contributed by atoms with Crippen LogP contribution < -0.4 is 5.32 Å². The number of hydrogen-bond donors (Lipinski definition) is 1. The first-order valence-electron chi connectivity index (χ1n) is 8.13. The van der Waals surface area contributed by atoms with Gasteiger partial charge in [-0.05, 0) is 42.5 Å². The quantitative estimate of drug-likeness (QED) is 0.396. The maximum absolute atomic E-state index is 11.5. The van der Waals surface area contributed by atoms with Gasteiger partial charge in [0, 0.05) is 27.7 Å². The van der Waals surface area contributed by atoms with Gasteiger partial charge in [-0.15, -0.1) is 0 Å². The Kier molecular flexibility index (Phi) is 3.97. The van der Waals surface area contributed by atoms with Crippen molar-refractivity contribution >= 4 is 34.6 Å². The summed E-state index contributed by atoms with van der Waals surface area (Å²) in [5, 5.41) is 16.3. The van der Waals surface area contributed by atoms with E-state index in [9.17, 15) is 10.1 Å². The summed E-state index contributed by atoms with van der Waals surface area (Å²) in [4.78, 5) is 11.2. The molecule has 2 aromatic carbocycles. The summed E-state index contributed by atoms with van der Waals surface area (Å²) in [6.45, 7) is 1.97. The normalized spacial score (nSPS) is 23.7. The molecular formula is C19H16Cl2N2O2. The van der Waals surface area contributed by atoms with Crippen LogP contribution in [0.25, 0.3) is 0 Å². The summed E-state index contributed by atoms with van der Waals surface area (Å²) in [5.41, 5.74) is 3.77. The fourth-order valence-electron chi connectivity index (χ4n) is 4.06. The number of fused-ring (bicyclic) bond motifs is 3. The van der Waals surface area contributed by atoms with Crippen LogP contribution in [0.15, 0.2) is 42.5 Å². The van der Waals surface area contributed by atoms with E-state index in [2.05, 4.69) is 17.5 Å². The molecule has 25 heavy (non-hydrogen) atoms. The molecule has 1 aliphatic heterocycles. The van der Waals surface area contributed by atoms with Crippen molar-refractivity contribution in [3.8, 4) is 0 Å². The molecule has 3 unspecified atom stereocenters. The van der Waals surface area contributed by atoms with E-state index < -0.39 is 0 Å². The summed E-state index contributed by atoms with van der Waals surface area (Å²) in [5.74, 6) is 0.194. The zero-order valence-electron chi connectivity index (χ0n) is 13.5. The van der Waals surface area contributed by atoms with E-state index in [-0.39, 0.29) is 28.5 Å². The first-order chi connectivity index (χ1) is 12.0. The van der Waals surface area contributed by atoms with E-state index in [4.69, 9.17) is 23.2 Å². The Hall–Kier alpha value is -2.04. The van der Waals surface area contributed by atoms with Crippen molar-refractivity contribution in [2.24, 2.45) is 5.92 Å². The highest BCUT2D eigenvalue weighted by Crippen LogP contribution is 2.54. The van der Waals surface area contributed by atoms with E-state index >= 15 is 0 Å². The average Bonchev–Trinajstić information content (AvgIpc) is 3.04.